The number of rotatable bonds is 3. The van der Waals surface area contributed by atoms with E-state index in [0.717, 1.165) is 31.8 Å². The Morgan fingerprint density at radius 1 is 1.43 bits per heavy atom. The van der Waals surface area contributed by atoms with Crippen LogP contribution in [-0.2, 0) is 4.79 Å². The van der Waals surface area contributed by atoms with Gasteiger partial charge in [-0.25, -0.2) is 0 Å². The van der Waals surface area contributed by atoms with E-state index in [-0.39, 0.29) is 6.04 Å². The number of aliphatic carboxylic acids is 1. The summed E-state index contributed by atoms with van der Waals surface area (Å²) < 4.78 is 0. The van der Waals surface area contributed by atoms with Crippen LogP contribution in [0.15, 0.2) is 0 Å². The second kappa shape index (κ2) is 3.89. The van der Waals surface area contributed by atoms with Crippen molar-refractivity contribution in [1.29, 1.82) is 0 Å². The number of nitrogens with zero attached hydrogens (tertiary/aromatic N) is 1. The van der Waals surface area contributed by atoms with Crippen LogP contribution < -0.4 is 0 Å². The van der Waals surface area contributed by atoms with Gasteiger partial charge in [0.1, 0.15) is 6.04 Å². The van der Waals surface area contributed by atoms with Crippen LogP contribution in [-0.4, -0.2) is 35.1 Å². The molecule has 2 aliphatic rings. The molecule has 0 aromatic rings. The lowest BCUT2D eigenvalue weighted by Crippen LogP contribution is -2.49. The van der Waals surface area contributed by atoms with E-state index in [1.165, 1.54) is 12.8 Å². The average molecular weight is 197 g/mol. The van der Waals surface area contributed by atoms with Gasteiger partial charge in [-0.15, -0.1) is 0 Å². The van der Waals surface area contributed by atoms with Crippen LogP contribution in [0.5, 0.6) is 0 Å². The summed E-state index contributed by atoms with van der Waals surface area (Å²) >= 11 is 0. The molecular weight excluding hydrogens is 178 g/mol. The molecule has 0 amide bonds. The van der Waals surface area contributed by atoms with Crippen molar-refractivity contribution in [2.75, 3.05) is 13.1 Å². The third kappa shape index (κ3) is 2.08. The molecular formula is C11H19NO2. The SMILES string of the molecule is CC1CCCN(CC2CC2)C1C(=O)O. The smallest absolute Gasteiger partial charge is 0.321 e. The van der Waals surface area contributed by atoms with E-state index in [1.807, 2.05) is 0 Å². The highest BCUT2D eigenvalue weighted by Crippen LogP contribution is 2.33. The maximum atomic E-state index is 11.1. The quantitative estimate of drug-likeness (QED) is 0.746. The number of likely N-dealkylation sites (tertiary alicyclic amines) is 1. The summed E-state index contributed by atoms with van der Waals surface area (Å²) in [5, 5.41) is 9.17. The number of piperidine rings is 1. The topological polar surface area (TPSA) is 40.5 Å². The number of carboxylic acid groups (broad SMARTS) is 1. The predicted octanol–water partition coefficient (Wildman–Crippen LogP) is 1.58. The Bertz CT molecular complexity index is 225. The lowest BCUT2D eigenvalue weighted by Gasteiger charge is -2.37. The van der Waals surface area contributed by atoms with Gasteiger partial charge in [0.05, 0.1) is 0 Å². The minimum absolute atomic E-state index is 0.218. The van der Waals surface area contributed by atoms with E-state index in [1.54, 1.807) is 0 Å². The van der Waals surface area contributed by atoms with Crippen molar-refractivity contribution in [3.63, 3.8) is 0 Å². The fourth-order valence-electron chi connectivity index (χ4n) is 2.51. The maximum Gasteiger partial charge on any atom is 0.321 e. The Balaban J connectivity index is 1.98. The standard InChI is InChI=1S/C11H19NO2/c1-8-3-2-6-12(7-9-4-5-9)10(8)11(13)14/h8-10H,2-7H2,1H3,(H,13,14). The van der Waals surface area contributed by atoms with Gasteiger partial charge in [-0.2, -0.15) is 0 Å². The lowest BCUT2D eigenvalue weighted by atomic mass is 9.90. The van der Waals surface area contributed by atoms with Crippen molar-refractivity contribution < 1.29 is 9.90 Å². The molecule has 3 heteroatoms. The van der Waals surface area contributed by atoms with E-state index in [4.69, 9.17) is 0 Å². The van der Waals surface area contributed by atoms with Crippen LogP contribution in [0.25, 0.3) is 0 Å². The lowest BCUT2D eigenvalue weighted by molar-refractivity contribution is -0.146. The first kappa shape index (κ1) is 9.97. The Labute approximate surface area is 85.1 Å². The van der Waals surface area contributed by atoms with Crippen LogP contribution in [0.4, 0.5) is 0 Å². The maximum absolute atomic E-state index is 11.1. The summed E-state index contributed by atoms with van der Waals surface area (Å²) in [6, 6.07) is -0.218. The van der Waals surface area contributed by atoms with Crippen molar-refractivity contribution in [1.82, 2.24) is 4.90 Å². The molecule has 3 nitrogen and oxygen atoms in total. The van der Waals surface area contributed by atoms with Crippen molar-refractivity contribution in [3.8, 4) is 0 Å². The minimum atomic E-state index is -0.627. The summed E-state index contributed by atoms with van der Waals surface area (Å²) in [6.45, 7) is 4.07. The van der Waals surface area contributed by atoms with Crippen molar-refractivity contribution in [2.24, 2.45) is 11.8 Å². The third-order valence-electron chi connectivity index (χ3n) is 3.48. The molecule has 14 heavy (non-hydrogen) atoms. The number of carboxylic acids is 1. The molecule has 0 radical (unpaired) electrons. The van der Waals surface area contributed by atoms with Gasteiger partial charge in [-0.05, 0) is 44.1 Å². The van der Waals surface area contributed by atoms with E-state index >= 15 is 0 Å². The van der Waals surface area contributed by atoms with Gasteiger partial charge in [0.2, 0.25) is 0 Å². The van der Waals surface area contributed by atoms with Crippen LogP contribution in [0.3, 0.4) is 0 Å². The summed E-state index contributed by atoms with van der Waals surface area (Å²) in [5.41, 5.74) is 0. The largest absolute Gasteiger partial charge is 0.480 e. The first-order valence-electron chi connectivity index (χ1n) is 5.65. The molecule has 2 fully saturated rings. The molecule has 0 aromatic carbocycles. The van der Waals surface area contributed by atoms with E-state index < -0.39 is 5.97 Å². The molecule has 1 aliphatic heterocycles. The summed E-state index contributed by atoms with van der Waals surface area (Å²) in [7, 11) is 0. The summed E-state index contributed by atoms with van der Waals surface area (Å²) in [4.78, 5) is 13.3. The zero-order chi connectivity index (χ0) is 10.1. The second-order valence-electron chi connectivity index (χ2n) is 4.84. The van der Waals surface area contributed by atoms with Gasteiger partial charge >= 0.3 is 5.97 Å². The fourth-order valence-corrected chi connectivity index (χ4v) is 2.51. The van der Waals surface area contributed by atoms with Crippen LogP contribution in [0, 0.1) is 11.8 Å². The van der Waals surface area contributed by atoms with E-state index in [0.29, 0.717) is 5.92 Å². The fraction of sp³-hybridized carbons (Fsp3) is 0.909. The molecule has 1 heterocycles. The number of hydrogen-bond donors (Lipinski definition) is 1. The van der Waals surface area contributed by atoms with E-state index in [9.17, 15) is 9.90 Å². The molecule has 2 unspecified atom stereocenters. The number of hydrogen-bond acceptors (Lipinski definition) is 2. The van der Waals surface area contributed by atoms with Crippen molar-refractivity contribution >= 4 is 5.97 Å². The van der Waals surface area contributed by atoms with Gasteiger partial charge in [-0.1, -0.05) is 6.92 Å². The molecule has 0 spiro atoms. The molecule has 2 rings (SSSR count). The molecule has 0 aromatic heterocycles. The molecule has 1 saturated heterocycles. The van der Waals surface area contributed by atoms with Gasteiger partial charge in [0.15, 0.2) is 0 Å². The highest BCUT2D eigenvalue weighted by atomic mass is 16.4. The molecule has 1 N–H and O–H groups in total. The van der Waals surface area contributed by atoms with Crippen LogP contribution >= 0.6 is 0 Å². The van der Waals surface area contributed by atoms with Gasteiger partial charge < -0.3 is 5.11 Å². The minimum Gasteiger partial charge on any atom is -0.480 e. The molecule has 2 atom stereocenters. The highest BCUT2D eigenvalue weighted by molar-refractivity contribution is 5.74. The normalized spacial score (nSPS) is 34.4. The predicted molar refractivity (Wildman–Crippen MR) is 54.1 cm³/mol. The second-order valence-corrected chi connectivity index (χ2v) is 4.84. The molecule has 1 saturated carbocycles. The van der Waals surface area contributed by atoms with Crippen LogP contribution in [0.2, 0.25) is 0 Å². The Morgan fingerprint density at radius 2 is 2.14 bits per heavy atom. The Hall–Kier alpha value is -0.570. The number of carbonyl (C=O) groups is 1. The summed E-state index contributed by atoms with van der Waals surface area (Å²) in [6.07, 6.45) is 4.84. The van der Waals surface area contributed by atoms with Gasteiger partial charge in [-0.3, -0.25) is 9.69 Å². The molecule has 80 valence electrons. The first-order valence-corrected chi connectivity index (χ1v) is 5.65. The van der Waals surface area contributed by atoms with Crippen molar-refractivity contribution in [2.45, 2.75) is 38.6 Å². The van der Waals surface area contributed by atoms with Gasteiger partial charge in [0, 0.05) is 6.54 Å². The zero-order valence-corrected chi connectivity index (χ0v) is 8.78. The molecule has 0 bridgehead atoms. The highest BCUT2D eigenvalue weighted by Gasteiger charge is 2.36. The van der Waals surface area contributed by atoms with Crippen LogP contribution in [0.1, 0.15) is 32.6 Å². The monoisotopic (exact) mass is 197 g/mol. The van der Waals surface area contributed by atoms with Crippen molar-refractivity contribution in [3.05, 3.63) is 0 Å². The summed E-state index contributed by atoms with van der Waals surface area (Å²) in [5.74, 6) is 0.486. The Kier molecular flexibility index (Phi) is 2.77. The van der Waals surface area contributed by atoms with E-state index in [2.05, 4.69) is 11.8 Å². The zero-order valence-electron chi connectivity index (χ0n) is 8.78. The first-order chi connectivity index (χ1) is 6.68. The molecule has 1 aliphatic carbocycles. The Morgan fingerprint density at radius 3 is 2.71 bits per heavy atom. The third-order valence-corrected chi connectivity index (χ3v) is 3.48. The van der Waals surface area contributed by atoms with Gasteiger partial charge in [0.25, 0.3) is 0 Å². The average Bonchev–Trinajstić information content (AvgIpc) is 2.87.